The molecule has 1 unspecified atom stereocenters. The van der Waals surface area contributed by atoms with E-state index in [9.17, 15) is 4.39 Å². The number of allylic oxidation sites excluding steroid dienone is 1. The van der Waals surface area contributed by atoms with Gasteiger partial charge in [0, 0.05) is 16.9 Å². The number of benzene rings is 3. The molecule has 0 saturated carbocycles. The van der Waals surface area contributed by atoms with Gasteiger partial charge in [-0.2, -0.15) is 4.98 Å². The van der Waals surface area contributed by atoms with Gasteiger partial charge in [-0.25, -0.2) is 4.39 Å². The summed E-state index contributed by atoms with van der Waals surface area (Å²) in [4.78, 5) is 6.69. The van der Waals surface area contributed by atoms with E-state index >= 15 is 0 Å². The molecule has 35 heavy (non-hydrogen) atoms. The Morgan fingerprint density at radius 3 is 2.31 bits per heavy atom. The van der Waals surface area contributed by atoms with Crippen molar-refractivity contribution >= 4 is 28.6 Å². The van der Waals surface area contributed by atoms with E-state index in [1.54, 1.807) is 12.1 Å². The third-order valence-corrected chi connectivity index (χ3v) is 6.70. The molecular weight excluding hydrogens is 459 g/mol. The minimum Gasteiger partial charge on any atom is -0.351 e. The molecule has 0 fully saturated rings. The lowest BCUT2D eigenvalue weighted by atomic mass is 9.92. The number of hydrogen-bond acceptors (Lipinski definition) is 4. The lowest BCUT2D eigenvalue weighted by Crippen LogP contribution is -2.46. The molecule has 0 bridgehead atoms. The molecule has 1 N–H and O–H groups in total. The Labute approximate surface area is 209 Å². The summed E-state index contributed by atoms with van der Waals surface area (Å²) in [5.41, 5.74) is 7.98. The molecule has 5 rings (SSSR count). The van der Waals surface area contributed by atoms with Gasteiger partial charge in [0.05, 0.1) is 11.6 Å². The van der Waals surface area contributed by atoms with E-state index in [1.807, 2.05) is 24.0 Å². The summed E-state index contributed by atoms with van der Waals surface area (Å²) in [6, 6.07) is 20.3. The van der Waals surface area contributed by atoms with E-state index in [0.717, 1.165) is 22.5 Å². The van der Waals surface area contributed by atoms with Crippen molar-refractivity contribution in [1.29, 1.82) is 0 Å². The summed E-state index contributed by atoms with van der Waals surface area (Å²) in [5.74, 6) is 0.468. The molecule has 176 valence electrons. The number of hydrogen-bond donors (Lipinski definition) is 1. The molecule has 7 heteroatoms. The molecule has 4 aromatic rings. The van der Waals surface area contributed by atoms with Crippen molar-refractivity contribution in [3.05, 3.63) is 106 Å². The highest BCUT2D eigenvalue weighted by molar-refractivity contribution is 7.80. The van der Waals surface area contributed by atoms with Crippen molar-refractivity contribution in [2.24, 2.45) is 0 Å². The first kappa shape index (κ1) is 22.9. The summed E-state index contributed by atoms with van der Waals surface area (Å²) in [6.45, 7) is 8.24. The van der Waals surface area contributed by atoms with Crippen LogP contribution in [0.25, 0.3) is 17.0 Å². The minimum atomic E-state index is -0.315. The Balaban J connectivity index is 1.66. The molecule has 1 aliphatic rings. The fourth-order valence-electron chi connectivity index (χ4n) is 4.27. The summed E-state index contributed by atoms with van der Waals surface area (Å²) in [6.07, 6.45) is 0. The summed E-state index contributed by atoms with van der Waals surface area (Å²) in [7, 11) is 0. The summed E-state index contributed by atoms with van der Waals surface area (Å²) >= 11 is 5.83. The second kappa shape index (κ2) is 9.07. The lowest BCUT2D eigenvalue weighted by molar-refractivity contribution is 0.404. The Bertz CT molecular complexity index is 1440. The van der Waals surface area contributed by atoms with Crippen molar-refractivity contribution in [1.82, 2.24) is 15.5 Å². The van der Waals surface area contributed by atoms with Crippen molar-refractivity contribution in [3.63, 3.8) is 0 Å². The van der Waals surface area contributed by atoms with Crippen molar-refractivity contribution in [2.45, 2.75) is 33.7 Å². The highest BCUT2D eigenvalue weighted by atomic mass is 32.1. The number of rotatable bonds is 4. The molecule has 0 aliphatic carbocycles. The van der Waals surface area contributed by atoms with Crippen LogP contribution in [0.3, 0.4) is 0 Å². The van der Waals surface area contributed by atoms with Gasteiger partial charge in [0.25, 0.3) is 5.89 Å². The third kappa shape index (κ3) is 4.35. The predicted molar refractivity (Wildman–Crippen MR) is 140 cm³/mol. The SMILES string of the molecule is CC1=C(c2nc(-c3ccc(F)cc3)no2)C(c2ccc(C)c(C)c2)NC(=S)N1c1ccc(C)cc1. The second-order valence-electron chi connectivity index (χ2n) is 8.83. The van der Waals surface area contributed by atoms with Crippen LogP contribution in [0.4, 0.5) is 10.1 Å². The molecule has 1 atom stereocenters. The molecule has 2 heterocycles. The highest BCUT2D eigenvalue weighted by Crippen LogP contribution is 2.39. The smallest absolute Gasteiger partial charge is 0.258 e. The van der Waals surface area contributed by atoms with Crippen LogP contribution in [0.5, 0.6) is 0 Å². The quantitative estimate of drug-likeness (QED) is 0.327. The van der Waals surface area contributed by atoms with Crippen LogP contribution in [0.2, 0.25) is 0 Å². The maximum Gasteiger partial charge on any atom is 0.258 e. The van der Waals surface area contributed by atoms with Gasteiger partial charge in [-0.05, 0) is 93.0 Å². The van der Waals surface area contributed by atoms with E-state index in [0.29, 0.717) is 22.4 Å². The number of anilines is 1. The van der Waals surface area contributed by atoms with Gasteiger partial charge in [-0.1, -0.05) is 41.1 Å². The maximum absolute atomic E-state index is 13.4. The standard InChI is InChI=1S/C28H25FN4OS/c1-16-5-13-23(14-6-16)33-19(4)24(25(30-28(33)35)21-8-7-17(2)18(3)15-21)27-31-26(32-34-27)20-9-11-22(29)12-10-20/h5-15,25H,1-4H3,(H,30,35). The second-order valence-corrected chi connectivity index (χ2v) is 9.21. The van der Waals surface area contributed by atoms with Crippen LogP contribution in [0.1, 0.15) is 41.1 Å². The average molecular weight is 485 g/mol. The van der Waals surface area contributed by atoms with E-state index in [4.69, 9.17) is 21.7 Å². The third-order valence-electron chi connectivity index (χ3n) is 6.40. The Kier molecular flexibility index (Phi) is 5.94. The van der Waals surface area contributed by atoms with Gasteiger partial charge in [0.2, 0.25) is 5.82 Å². The number of thiocarbonyl (C=S) groups is 1. The molecule has 0 spiro atoms. The zero-order valence-electron chi connectivity index (χ0n) is 20.0. The van der Waals surface area contributed by atoms with Crippen molar-refractivity contribution in [2.75, 3.05) is 4.90 Å². The minimum absolute atomic E-state index is 0.273. The first-order valence-corrected chi connectivity index (χ1v) is 11.8. The Hall–Kier alpha value is -3.84. The largest absolute Gasteiger partial charge is 0.351 e. The molecule has 0 radical (unpaired) electrons. The number of nitrogens with one attached hydrogen (secondary N) is 1. The normalized spacial score (nSPS) is 16.0. The fraction of sp³-hybridized carbons (Fsp3) is 0.179. The zero-order chi connectivity index (χ0) is 24.7. The van der Waals surface area contributed by atoms with Crippen LogP contribution >= 0.6 is 12.2 Å². The van der Waals surface area contributed by atoms with Gasteiger partial charge < -0.3 is 9.84 Å². The van der Waals surface area contributed by atoms with E-state index in [2.05, 4.69) is 61.6 Å². The topological polar surface area (TPSA) is 54.2 Å². The molecular formula is C28H25FN4OS. The maximum atomic E-state index is 13.4. The number of aromatic nitrogens is 2. The Morgan fingerprint density at radius 1 is 0.914 bits per heavy atom. The molecule has 1 aliphatic heterocycles. The van der Waals surface area contributed by atoms with Gasteiger partial charge in [-0.3, -0.25) is 4.90 Å². The summed E-state index contributed by atoms with van der Waals surface area (Å²) < 4.78 is 19.2. The predicted octanol–water partition coefficient (Wildman–Crippen LogP) is 6.67. The van der Waals surface area contributed by atoms with E-state index < -0.39 is 0 Å². The van der Waals surface area contributed by atoms with Crippen molar-refractivity contribution < 1.29 is 8.91 Å². The molecule has 0 saturated heterocycles. The van der Waals surface area contributed by atoms with Gasteiger partial charge in [0.15, 0.2) is 5.11 Å². The highest BCUT2D eigenvalue weighted by Gasteiger charge is 2.35. The van der Waals surface area contributed by atoms with Gasteiger partial charge in [0.1, 0.15) is 5.82 Å². The molecule has 3 aromatic carbocycles. The van der Waals surface area contributed by atoms with Crippen LogP contribution in [0, 0.1) is 26.6 Å². The number of nitrogens with zero attached hydrogens (tertiary/aromatic N) is 3. The first-order valence-electron chi connectivity index (χ1n) is 11.4. The van der Waals surface area contributed by atoms with Crippen molar-refractivity contribution in [3.8, 4) is 11.4 Å². The van der Waals surface area contributed by atoms with Crippen LogP contribution in [-0.2, 0) is 0 Å². The van der Waals surface area contributed by atoms with Gasteiger partial charge in [-0.15, -0.1) is 0 Å². The molecule has 5 nitrogen and oxygen atoms in total. The Morgan fingerprint density at radius 2 is 1.63 bits per heavy atom. The molecule has 0 amide bonds. The van der Waals surface area contributed by atoms with E-state index in [1.165, 1.54) is 28.8 Å². The molecule has 1 aromatic heterocycles. The lowest BCUT2D eigenvalue weighted by Gasteiger charge is -2.37. The van der Waals surface area contributed by atoms with E-state index in [-0.39, 0.29) is 11.9 Å². The monoisotopic (exact) mass is 484 g/mol. The fourth-order valence-corrected chi connectivity index (χ4v) is 4.63. The number of aryl methyl sites for hydroxylation is 3. The van der Waals surface area contributed by atoms with Crippen LogP contribution < -0.4 is 10.2 Å². The zero-order valence-corrected chi connectivity index (χ0v) is 20.8. The first-order chi connectivity index (χ1) is 16.8. The average Bonchev–Trinajstić information content (AvgIpc) is 3.32. The number of halogens is 1. The van der Waals surface area contributed by atoms with Crippen LogP contribution in [0.15, 0.2) is 77.0 Å². The summed E-state index contributed by atoms with van der Waals surface area (Å²) in [5, 5.41) is 8.29. The van der Waals surface area contributed by atoms with Gasteiger partial charge >= 0.3 is 0 Å². The van der Waals surface area contributed by atoms with Crippen LogP contribution in [-0.4, -0.2) is 15.3 Å².